The molecule has 64 valence electrons. The molecule has 0 aliphatic carbocycles. The summed E-state index contributed by atoms with van der Waals surface area (Å²) < 4.78 is 35.8. The van der Waals surface area contributed by atoms with Gasteiger partial charge in [0, 0.05) is 0 Å². The van der Waals surface area contributed by atoms with E-state index in [0.29, 0.717) is 4.55 Å². The Labute approximate surface area is 73.9 Å². The first-order valence-corrected chi connectivity index (χ1v) is 4.07. The van der Waals surface area contributed by atoms with Gasteiger partial charge in [-0.3, -0.25) is 5.43 Å². The van der Waals surface area contributed by atoms with Crippen molar-refractivity contribution in [3.63, 3.8) is 0 Å². The predicted octanol–water partition coefficient (Wildman–Crippen LogP) is 0.579. The van der Waals surface area contributed by atoms with Crippen LogP contribution in [0.5, 0.6) is 0 Å². The average Bonchev–Trinajstić information content (AvgIpc) is 2.32. The number of alkyl halides is 4. The van der Waals surface area contributed by atoms with E-state index in [-0.39, 0.29) is 0 Å². The van der Waals surface area contributed by atoms with Crippen LogP contribution in [0.4, 0.5) is 13.2 Å². The van der Waals surface area contributed by atoms with E-state index in [0.717, 1.165) is 5.12 Å². The van der Waals surface area contributed by atoms with Crippen molar-refractivity contribution in [3.05, 3.63) is 0 Å². The minimum absolute atomic E-state index is 0.362. The SMILES string of the molecule is FC(F)(F)C1=NNN(CI)N1. The van der Waals surface area contributed by atoms with Crippen molar-refractivity contribution >= 4 is 28.4 Å². The van der Waals surface area contributed by atoms with Crippen LogP contribution in [0.25, 0.3) is 0 Å². The fraction of sp³-hybridized carbons (Fsp3) is 0.667. The molecule has 0 spiro atoms. The number of hydrazine groups is 2. The molecule has 0 aromatic heterocycles. The van der Waals surface area contributed by atoms with Crippen molar-refractivity contribution in [1.29, 1.82) is 0 Å². The third-order valence-corrected chi connectivity index (χ3v) is 1.59. The zero-order chi connectivity index (χ0) is 8.48. The van der Waals surface area contributed by atoms with Gasteiger partial charge in [-0.2, -0.15) is 13.2 Å². The van der Waals surface area contributed by atoms with E-state index < -0.39 is 12.0 Å². The average molecular weight is 280 g/mol. The van der Waals surface area contributed by atoms with Gasteiger partial charge in [-0.05, 0) is 0 Å². The van der Waals surface area contributed by atoms with Crippen molar-refractivity contribution in [1.82, 2.24) is 16.1 Å². The largest absolute Gasteiger partial charge is 0.452 e. The molecule has 11 heavy (non-hydrogen) atoms. The summed E-state index contributed by atoms with van der Waals surface area (Å²) in [4.78, 5) is 0. The lowest BCUT2D eigenvalue weighted by Crippen LogP contribution is -2.44. The van der Waals surface area contributed by atoms with Crippen LogP contribution < -0.4 is 11.0 Å². The highest BCUT2D eigenvalue weighted by Crippen LogP contribution is 2.17. The molecule has 1 rings (SSSR count). The van der Waals surface area contributed by atoms with E-state index in [9.17, 15) is 13.2 Å². The van der Waals surface area contributed by atoms with Crippen LogP contribution in [0, 0.1) is 0 Å². The van der Waals surface area contributed by atoms with Gasteiger partial charge in [0.25, 0.3) is 0 Å². The van der Waals surface area contributed by atoms with Gasteiger partial charge in [0.2, 0.25) is 5.84 Å². The minimum Gasteiger partial charge on any atom is -0.278 e. The molecule has 0 radical (unpaired) electrons. The Morgan fingerprint density at radius 1 is 1.55 bits per heavy atom. The third kappa shape index (κ3) is 2.09. The van der Waals surface area contributed by atoms with E-state index in [1.807, 2.05) is 28.0 Å². The molecular formula is C3H4F3IN4. The smallest absolute Gasteiger partial charge is 0.278 e. The van der Waals surface area contributed by atoms with Crippen LogP contribution in [-0.4, -0.2) is 21.7 Å². The van der Waals surface area contributed by atoms with Crippen molar-refractivity contribution in [2.75, 3.05) is 4.55 Å². The molecular weight excluding hydrogens is 276 g/mol. The first-order valence-electron chi connectivity index (χ1n) is 2.54. The van der Waals surface area contributed by atoms with Crippen molar-refractivity contribution in [2.45, 2.75) is 6.18 Å². The van der Waals surface area contributed by atoms with Gasteiger partial charge in [-0.25, -0.2) is 5.53 Å². The number of amidine groups is 1. The highest BCUT2D eigenvalue weighted by atomic mass is 127. The summed E-state index contributed by atoms with van der Waals surface area (Å²) in [5.74, 6) is -1.02. The van der Waals surface area contributed by atoms with Crippen LogP contribution in [0.2, 0.25) is 0 Å². The fourth-order valence-corrected chi connectivity index (χ4v) is 0.795. The molecule has 0 amide bonds. The van der Waals surface area contributed by atoms with E-state index >= 15 is 0 Å². The molecule has 1 aliphatic rings. The molecule has 0 bridgehead atoms. The van der Waals surface area contributed by atoms with Gasteiger partial charge in [-0.15, -0.1) is 10.2 Å². The molecule has 0 aromatic rings. The summed E-state index contributed by atoms with van der Waals surface area (Å²) in [6, 6.07) is 0. The first kappa shape index (κ1) is 8.84. The lowest BCUT2D eigenvalue weighted by Gasteiger charge is -2.12. The second kappa shape index (κ2) is 3.01. The van der Waals surface area contributed by atoms with Crippen LogP contribution in [0.1, 0.15) is 0 Å². The molecule has 1 aliphatic heterocycles. The van der Waals surface area contributed by atoms with E-state index in [4.69, 9.17) is 0 Å². The zero-order valence-corrected chi connectivity index (χ0v) is 7.27. The molecule has 8 heteroatoms. The number of nitrogens with zero attached hydrogens (tertiary/aromatic N) is 2. The number of hydrogen-bond donors (Lipinski definition) is 2. The lowest BCUT2D eigenvalue weighted by atomic mass is 10.6. The van der Waals surface area contributed by atoms with Crippen LogP contribution >= 0.6 is 22.6 Å². The van der Waals surface area contributed by atoms with Gasteiger partial charge in [-0.1, -0.05) is 22.6 Å². The quantitative estimate of drug-likeness (QED) is 0.419. The standard InChI is InChI=1S/C3H4F3IN4/c4-3(5,6)2-8-10-11(1-7)9-2/h10H,1H2,(H,8,9). The number of hydrazone groups is 1. The predicted molar refractivity (Wildman–Crippen MR) is 40.5 cm³/mol. The summed E-state index contributed by atoms with van der Waals surface area (Å²) in [5, 5.41) is 4.13. The van der Waals surface area contributed by atoms with Crippen molar-refractivity contribution in [3.8, 4) is 0 Å². The monoisotopic (exact) mass is 280 g/mol. The molecule has 1 heterocycles. The number of nitrogens with one attached hydrogen (secondary N) is 2. The zero-order valence-electron chi connectivity index (χ0n) is 5.11. The number of halogens is 4. The molecule has 0 saturated heterocycles. The van der Waals surface area contributed by atoms with Gasteiger partial charge in [0.1, 0.15) is 0 Å². The maximum absolute atomic E-state index is 11.8. The Kier molecular flexibility index (Phi) is 2.42. The molecule has 0 unspecified atom stereocenters. The first-order chi connectivity index (χ1) is 5.04. The molecule has 0 atom stereocenters. The number of hydrogen-bond acceptors (Lipinski definition) is 4. The van der Waals surface area contributed by atoms with Gasteiger partial charge < -0.3 is 0 Å². The second-order valence-corrected chi connectivity index (χ2v) is 2.40. The molecule has 0 fully saturated rings. The molecule has 4 nitrogen and oxygen atoms in total. The van der Waals surface area contributed by atoms with E-state index in [2.05, 4.69) is 10.6 Å². The summed E-state index contributed by atoms with van der Waals surface area (Å²) in [7, 11) is 0. The number of rotatable bonds is 1. The third-order valence-electron chi connectivity index (χ3n) is 0.911. The second-order valence-electron chi connectivity index (χ2n) is 1.72. The summed E-state index contributed by atoms with van der Waals surface area (Å²) in [6.45, 7) is 0. The highest BCUT2D eigenvalue weighted by molar-refractivity contribution is 14.1. The maximum atomic E-state index is 11.8. The van der Waals surface area contributed by atoms with E-state index in [1.165, 1.54) is 0 Å². The van der Waals surface area contributed by atoms with Gasteiger partial charge >= 0.3 is 6.18 Å². The molecule has 2 N–H and O–H groups in total. The van der Waals surface area contributed by atoms with Crippen LogP contribution in [0.15, 0.2) is 5.10 Å². The topological polar surface area (TPSA) is 39.7 Å². The lowest BCUT2D eigenvalue weighted by molar-refractivity contribution is -0.0629. The summed E-state index contributed by atoms with van der Waals surface area (Å²) >= 11 is 1.89. The van der Waals surface area contributed by atoms with Gasteiger partial charge in [0.15, 0.2) is 0 Å². The fourth-order valence-electron chi connectivity index (χ4n) is 0.472. The van der Waals surface area contributed by atoms with E-state index in [1.54, 1.807) is 0 Å². The Morgan fingerprint density at radius 3 is 2.45 bits per heavy atom. The van der Waals surface area contributed by atoms with Crippen LogP contribution in [-0.2, 0) is 0 Å². The Hall–Kier alpha value is -0.250. The molecule has 0 aromatic carbocycles. The Bertz CT molecular complexity index is 178. The van der Waals surface area contributed by atoms with Crippen LogP contribution in [0.3, 0.4) is 0 Å². The highest BCUT2D eigenvalue weighted by Gasteiger charge is 2.39. The van der Waals surface area contributed by atoms with Crippen molar-refractivity contribution < 1.29 is 13.2 Å². The normalized spacial score (nSPS) is 19.1. The Balaban J connectivity index is 2.53. The van der Waals surface area contributed by atoms with Crippen molar-refractivity contribution in [2.24, 2.45) is 5.10 Å². The summed E-state index contributed by atoms with van der Waals surface area (Å²) in [6.07, 6.45) is -4.41. The van der Waals surface area contributed by atoms with Gasteiger partial charge in [0.05, 0.1) is 4.55 Å². The Morgan fingerprint density at radius 2 is 2.18 bits per heavy atom. The molecule has 0 saturated carbocycles. The summed E-state index contributed by atoms with van der Waals surface area (Å²) in [5.41, 5.74) is 4.17. The maximum Gasteiger partial charge on any atom is 0.452 e. The minimum atomic E-state index is -4.41.